The third-order valence-corrected chi connectivity index (χ3v) is 8.40. The van der Waals surface area contributed by atoms with Crippen molar-refractivity contribution < 1.29 is 46.5 Å². The number of anilines is 1. The molecule has 1 aromatic heterocycles. The van der Waals surface area contributed by atoms with Crippen LogP contribution in [0.25, 0.3) is 11.1 Å². The molecule has 1 N–H and O–H groups in total. The van der Waals surface area contributed by atoms with E-state index in [1.807, 2.05) is 6.07 Å². The highest BCUT2D eigenvalue weighted by Crippen LogP contribution is 2.33. The van der Waals surface area contributed by atoms with Crippen molar-refractivity contribution in [3.05, 3.63) is 83.6 Å². The molecule has 3 heterocycles. The summed E-state index contributed by atoms with van der Waals surface area (Å²) in [5.74, 6) is 0.818. The highest BCUT2D eigenvalue weighted by atomic mass is 19.4. The number of pyridine rings is 1. The van der Waals surface area contributed by atoms with Crippen molar-refractivity contribution in [1.29, 1.82) is 0 Å². The van der Waals surface area contributed by atoms with Crippen LogP contribution in [0.4, 0.5) is 33.4 Å². The molecule has 3 aromatic rings. The van der Waals surface area contributed by atoms with E-state index in [9.17, 15) is 27.6 Å². The number of nitrogens with zero attached hydrogens (tertiary/aromatic N) is 3. The standard InChI is InChI=1S/C38H45F3N4O7/c1-36(2,3)51-34(47)45-23-30(49-35(48)52-37(4,5)6)32(50-33(46)43-22-25-16-17-42-31(21-25)44-18-7-19-44)29(45)20-24-8-10-26(11-9-24)27-12-14-28(15-13-27)38(39,40)41/h8-17,21,29-30,32H,7,18-20,22-23H2,1-6H3,(H,43,46)/t29-,30+,32+/m1/s1. The molecule has 2 aromatic carbocycles. The fourth-order valence-corrected chi connectivity index (χ4v) is 5.83. The molecule has 0 unspecified atom stereocenters. The van der Waals surface area contributed by atoms with Crippen LogP contribution < -0.4 is 10.2 Å². The number of amides is 2. The van der Waals surface area contributed by atoms with Crippen LogP contribution in [0.1, 0.15) is 64.7 Å². The first-order chi connectivity index (χ1) is 24.3. The largest absolute Gasteiger partial charge is 0.509 e. The second-order valence-electron chi connectivity index (χ2n) is 14.9. The third-order valence-electron chi connectivity index (χ3n) is 8.40. The molecule has 14 heteroatoms. The van der Waals surface area contributed by atoms with Crippen LogP contribution in [0.3, 0.4) is 0 Å². The maximum absolute atomic E-state index is 13.6. The number of aromatic nitrogens is 1. The quantitative estimate of drug-likeness (QED) is 0.184. The van der Waals surface area contributed by atoms with Crippen molar-refractivity contribution >= 4 is 24.2 Å². The summed E-state index contributed by atoms with van der Waals surface area (Å²) in [6, 6.07) is 14.8. The number of hydrogen-bond donors (Lipinski definition) is 1. The Bertz CT molecular complexity index is 1720. The van der Waals surface area contributed by atoms with Gasteiger partial charge in [0.25, 0.3) is 0 Å². The van der Waals surface area contributed by atoms with Crippen molar-refractivity contribution in [3.8, 4) is 11.1 Å². The van der Waals surface area contributed by atoms with Gasteiger partial charge in [-0.2, -0.15) is 13.2 Å². The number of likely N-dealkylation sites (tertiary alicyclic amines) is 1. The molecule has 2 amide bonds. The minimum absolute atomic E-state index is 0.137. The van der Waals surface area contributed by atoms with Gasteiger partial charge in [0.1, 0.15) is 17.0 Å². The minimum atomic E-state index is -4.44. The lowest BCUT2D eigenvalue weighted by Gasteiger charge is -2.32. The van der Waals surface area contributed by atoms with E-state index < -0.39 is 59.5 Å². The minimum Gasteiger partial charge on any atom is -0.444 e. The number of benzene rings is 2. The Hall–Kier alpha value is -5.01. The zero-order valence-electron chi connectivity index (χ0n) is 30.2. The maximum Gasteiger partial charge on any atom is 0.509 e. The molecule has 0 bridgehead atoms. The molecule has 2 fully saturated rings. The van der Waals surface area contributed by atoms with Crippen molar-refractivity contribution in [1.82, 2.24) is 15.2 Å². The lowest BCUT2D eigenvalue weighted by Crippen LogP contribution is -2.46. The molecule has 2 aliphatic heterocycles. The summed E-state index contributed by atoms with van der Waals surface area (Å²) in [4.78, 5) is 47.8. The van der Waals surface area contributed by atoms with Gasteiger partial charge in [-0.25, -0.2) is 19.4 Å². The average molecular weight is 727 g/mol. The molecule has 0 radical (unpaired) electrons. The second-order valence-corrected chi connectivity index (χ2v) is 14.9. The molecular formula is C38H45F3N4O7. The smallest absolute Gasteiger partial charge is 0.444 e. The van der Waals surface area contributed by atoms with Gasteiger partial charge in [0, 0.05) is 25.8 Å². The molecule has 2 saturated heterocycles. The summed E-state index contributed by atoms with van der Waals surface area (Å²) < 4.78 is 62.0. The summed E-state index contributed by atoms with van der Waals surface area (Å²) in [6.45, 7) is 12.0. The highest BCUT2D eigenvalue weighted by molar-refractivity contribution is 5.71. The number of carbonyl (C=O) groups is 3. The fourth-order valence-electron chi connectivity index (χ4n) is 5.83. The van der Waals surface area contributed by atoms with E-state index in [-0.39, 0.29) is 19.5 Å². The summed E-state index contributed by atoms with van der Waals surface area (Å²) in [6.07, 6.45) is -6.25. The first-order valence-corrected chi connectivity index (χ1v) is 17.1. The van der Waals surface area contributed by atoms with E-state index in [2.05, 4.69) is 15.2 Å². The van der Waals surface area contributed by atoms with Gasteiger partial charge in [-0.05, 0) is 101 Å². The molecule has 52 heavy (non-hydrogen) atoms. The van der Waals surface area contributed by atoms with Crippen molar-refractivity contribution in [2.45, 2.75) is 96.6 Å². The Morgan fingerprint density at radius 1 is 0.827 bits per heavy atom. The zero-order chi connectivity index (χ0) is 37.8. The number of halogens is 3. The Kier molecular flexibility index (Phi) is 11.3. The molecule has 2 aliphatic rings. The summed E-state index contributed by atoms with van der Waals surface area (Å²) in [7, 11) is 0. The van der Waals surface area contributed by atoms with E-state index in [0.717, 1.165) is 48.6 Å². The Balaban J connectivity index is 1.39. The van der Waals surface area contributed by atoms with Crippen molar-refractivity contribution in [2.75, 3.05) is 24.5 Å². The average Bonchev–Trinajstić information content (AvgIpc) is 3.33. The Morgan fingerprint density at radius 2 is 1.44 bits per heavy atom. The van der Waals surface area contributed by atoms with Crippen LogP contribution in [-0.2, 0) is 38.1 Å². The van der Waals surface area contributed by atoms with Gasteiger partial charge in [0.05, 0.1) is 18.2 Å². The molecule has 0 aliphatic carbocycles. The van der Waals surface area contributed by atoms with Gasteiger partial charge in [-0.3, -0.25) is 4.90 Å². The number of rotatable bonds is 8. The van der Waals surface area contributed by atoms with E-state index in [4.69, 9.17) is 18.9 Å². The van der Waals surface area contributed by atoms with Crippen LogP contribution >= 0.6 is 0 Å². The van der Waals surface area contributed by atoms with Gasteiger partial charge in [0.2, 0.25) is 0 Å². The SMILES string of the molecule is CC(C)(C)OC(=O)O[C@H]1CN(C(=O)OC(C)(C)C)[C@H](Cc2ccc(-c3ccc(C(F)(F)F)cc3)cc2)[C@@H]1OC(=O)NCc1ccnc(N2CCC2)c1. The van der Waals surface area contributed by atoms with Crippen LogP contribution in [-0.4, -0.2) is 77.3 Å². The maximum atomic E-state index is 13.6. The number of alkyl carbamates (subject to hydrolysis) is 1. The van der Waals surface area contributed by atoms with E-state index in [0.29, 0.717) is 11.1 Å². The summed E-state index contributed by atoms with van der Waals surface area (Å²) in [5, 5.41) is 2.76. The molecule has 0 saturated carbocycles. The monoisotopic (exact) mass is 726 g/mol. The summed E-state index contributed by atoms with van der Waals surface area (Å²) >= 11 is 0. The van der Waals surface area contributed by atoms with Gasteiger partial charge in [-0.1, -0.05) is 36.4 Å². The van der Waals surface area contributed by atoms with Crippen molar-refractivity contribution in [2.24, 2.45) is 0 Å². The van der Waals surface area contributed by atoms with E-state index in [1.165, 1.54) is 17.0 Å². The molecule has 11 nitrogen and oxygen atoms in total. The van der Waals surface area contributed by atoms with Crippen molar-refractivity contribution in [3.63, 3.8) is 0 Å². The first-order valence-electron chi connectivity index (χ1n) is 17.1. The summed E-state index contributed by atoms with van der Waals surface area (Å²) in [5.41, 5.74) is 0.319. The predicted molar refractivity (Wildman–Crippen MR) is 187 cm³/mol. The second kappa shape index (κ2) is 15.3. The van der Waals surface area contributed by atoms with Gasteiger partial charge < -0.3 is 29.2 Å². The highest BCUT2D eigenvalue weighted by Gasteiger charge is 2.50. The lowest BCUT2D eigenvalue weighted by atomic mass is 9.97. The van der Waals surface area contributed by atoms with Crippen LogP contribution in [0, 0.1) is 0 Å². The molecule has 0 spiro atoms. The molecular weight excluding hydrogens is 681 g/mol. The van der Waals surface area contributed by atoms with Gasteiger partial charge in [0.15, 0.2) is 12.2 Å². The fraction of sp³-hybridized carbons (Fsp3) is 0.474. The zero-order valence-corrected chi connectivity index (χ0v) is 30.2. The molecule has 3 atom stereocenters. The number of ether oxygens (including phenoxy) is 4. The number of carbonyl (C=O) groups excluding carboxylic acids is 3. The topological polar surface area (TPSA) is 120 Å². The van der Waals surface area contributed by atoms with Crippen LogP contribution in [0.2, 0.25) is 0 Å². The van der Waals surface area contributed by atoms with Gasteiger partial charge >= 0.3 is 24.5 Å². The number of hydrogen-bond acceptors (Lipinski definition) is 9. The van der Waals surface area contributed by atoms with Gasteiger partial charge in [-0.15, -0.1) is 0 Å². The number of nitrogens with one attached hydrogen (secondary N) is 1. The van der Waals surface area contributed by atoms with E-state index >= 15 is 0 Å². The third kappa shape index (κ3) is 10.3. The van der Waals surface area contributed by atoms with Crippen LogP contribution in [0.5, 0.6) is 0 Å². The molecule has 280 valence electrons. The Labute approximate surface area is 301 Å². The molecule has 5 rings (SSSR count). The predicted octanol–water partition coefficient (Wildman–Crippen LogP) is 7.75. The van der Waals surface area contributed by atoms with E-state index in [1.54, 1.807) is 78.1 Å². The van der Waals surface area contributed by atoms with Crippen LogP contribution in [0.15, 0.2) is 66.9 Å². The normalized spacial score (nSPS) is 19.1. The Morgan fingerprint density at radius 3 is 2.00 bits per heavy atom. The first kappa shape index (κ1) is 38.2. The number of alkyl halides is 3. The lowest BCUT2D eigenvalue weighted by molar-refractivity contribution is -0.137.